The van der Waals surface area contributed by atoms with Gasteiger partial charge in [0.1, 0.15) is 6.10 Å². The fourth-order valence-electron chi connectivity index (χ4n) is 7.73. The molecule has 3 N–H and O–H groups in total. The molecule has 0 saturated carbocycles. The monoisotopic (exact) mass is 892 g/mol. The van der Waals surface area contributed by atoms with Crippen molar-refractivity contribution in [2.75, 3.05) is 6.61 Å². The number of carbonyl (C=O) groups is 2. The minimum absolute atomic E-state index is 0.0577. The number of amides is 1. The zero-order valence-electron chi connectivity index (χ0n) is 41.9. The first kappa shape index (κ1) is 61.0. The third-order valence-electron chi connectivity index (χ3n) is 11.8. The molecule has 0 fully saturated rings. The van der Waals surface area contributed by atoms with Gasteiger partial charge in [0.2, 0.25) is 5.91 Å². The maximum atomic E-state index is 13.2. The molecule has 0 bridgehead atoms. The van der Waals surface area contributed by atoms with Crippen LogP contribution in [0.5, 0.6) is 0 Å². The van der Waals surface area contributed by atoms with Crippen molar-refractivity contribution in [2.45, 2.75) is 264 Å². The Hall–Kier alpha value is -2.96. The summed E-state index contributed by atoms with van der Waals surface area (Å²) >= 11 is 0. The first-order valence-corrected chi connectivity index (χ1v) is 26.9. The number of ether oxygens (including phenoxy) is 1. The van der Waals surface area contributed by atoms with E-state index >= 15 is 0 Å². The highest BCUT2D eigenvalue weighted by Gasteiger charge is 2.24. The lowest BCUT2D eigenvalue weighted by atomic mass is 10.0. The predicted octanol–water partition coefficient (Wildman–Crippen LogP) is 16.3. The summed E-state index contributed by atoms with van der Waals surface area (Å²) in [6.07, 6.45) is 66.3. The standard InChI is InChI=1S/C58H101NO5/c1-4-7-10-13-16-19-22-24-26-28-30-32-34-36-39-42-45-48-51-58(63)64-54(49-46-43-40-37-35-33-31-29-27-25-23-20-17-14-11-8-5-2)52-57(62)59-55(53-60)56(61)50-47-44-41-38-21-18-15-12-9-6-3/h10,13,16-17,19-20,22,24-28,30,32,54-56,60-61H,4-9,11-12,14-15,18,21,23,29,31,33-53H2,1-3H3,(H,59,62)/b13-10+,19-16+,20-17-,24-22+,27-25-,28-26+,32-30+. The maximum Gasteiger partial charge on any atom is 0.306 e. The quantitative estimate of drug-likeness (QED) is 0.0245. The number of nitrogens with one attached hydrogen (secondary N) is 1. The molecule has 1 amide bonds. The SMILES string of the molecule is CCC/C=C/C=C/C=C/C=C/C=C/CCCCCCCC(=O)OC(CCCCCCCCC/C=C\C/C=C\CCCCC)CC(=O)NC(CO)C(O)CCCCCCCCCCCC. The summed E-state index contributed by atoms with van der Waals surface area (Å²) in [5, 5.41) is 23.7. The lowest BCUT2D eigenvalue weighted by molar-refractivity contribution is -0.151. The van der Waals surface area contributed by atoms with E-state index in [0.717, 1.165) is 96.3 Å². The van der Waals surface area contributed by atoms with Gasteiger partial charge in [0, 0.05) is 6.42 Å². The van der Waals surface area contributed by atoms with Crippen molar-refractivity contribution in [3.05, 3.63) is 85.1 Å². The van der Waals surface area contributed by atoms with Gasteiger partial charge < -0.3 is 20.3 Å². The lowest BCUT2D eigenvalue weighted by Crippen LogP contribution is -2.46. The first-order valence-electron chi connectivity index (χ1n) is 26.9. The first-order chi connectivity index (χ1) is 31.5. The van der Waals surface area contributed by atoms with Crippen LogP contribution in [0.4, 0.5) is 0 Å². The average Bonchev–Trinajstić information content (AvgIpc) is 3.29. The highest BCUT2D eigenvalue weighted by atomic mass is 16.5. The Morgan fingerprint density at radius 1 is 0.469 bits per heavy atom. The third-order valence-corrected chi connectivity index (χ3v) is 11.8. The number of hydrogen-bond donors (Lipinski definition) is 3. The van der Waals surface area contributed by atoms with E-state index in [1.807, 2.05) is 24.3 Å². The topological polar surface area (TPSA) is 95.9 Å². The Morgan fingerprint density at radius 2 is 0.891 bits per heavy atom. The third kappa shape index (κ3) is 45.6. The van der Waals surface area contributed by atoms with Gasteiger partial charge in [-0.25, -0.2) is 0 Å². The van der Waals surface area contributed by atoms with Crippen LogP contribution in [0.2, 0.25) is 0 Å². The van der Waals surface area contributed by atoms with Crippen LogP contribution in [0.1, 0.15) is 245 Å². The molecule has 0 aliphatic heterocycles. The molecule has 0 aliphatic carbocycles. The normalized spacial score (nSPS) is 13.9. The molecule has 0 aromatic heterocycles. The van der Waals surface area contributed by atoms with E-state index < -0.39 is 18.2 Å². The number of esters is 1. The highest BCUT2D eigenvalue weighted by molar-refractivity contribution is 5.77. The van der Waals surface area contributed by atoms with Gasteiger partial charge in [0.25, 0.3) is 0 Å². The molecule has 64 heavy (non-hydrogen) atoms. The molecule has 3 unspecified atom stereocenters. The summed E-state index contributed by atoms with van der Waals surface area (Å²) in [5.74, 6) is -0.512. The molecule has 6 nitrogen and oxygen atoms in total. The van der Waals surface area contributed by atoms with Crippen molar-refractivity contribution in [3.63, 3.8) is 0 Å². The van der Waals surface area contributed by atoms with Crippen LogP contribution in [0.15, 0.2) is 85.1 Å². The van der Waals surface area contributed by atoms with Crippen molar-refractivity contribution >= 4 is 11.9 Å². The summed E-state index contributed by atoms with van der Waals surface area (Å²) in [7, 11) is 0. The minimum atomic E-state index is -0.798. The number of rotatable bonds is 47. The Bertz CT molecular complexity index is 1230. The second-order valence-corrected chi connectivity index (χ2v) is 18.0. The zero-order chi connectivity index (χ0) is 46.7. The number of hydrogen-bond acceptors (Lipinski definition) is 5. The van der Waals surface area contributed by atoms with E-state index in [4.69, 9.17) is 4.74 Å². The van der Waals surface area contributed by atoms with Gasteiger partial charge in [-0.05, 0) is 77.0 Å². The predicted molar refractivity (Wildman–Crippen MR) is 278 cm³/mol. The Kier molecular flexibility index (Phi) is 48.7. The molecular weight excluding hydrogens is 791 g/mol. The van der Waals surface area contributed by atoms with Crippen LogP contribution in [-0.2, 0) is 14.3 Å². The van der Waals surface area contributed by atoms with Crippen molar-refractivity contribution in [3.8, 4) is 0 Å². The van der Waals surface area contributed by atoms with E-state index in [1.165, 1.54) is 103 Å². The van der Waals surface area contributed by atoms with Crippen LogP contribution >= 0.6 is 0 Å². The summed E-state index contributed by atoms with van der Waals surface area (Å²) < 4.78 is 5.94. The summed E-state index contributed by atoms with van der Waals surface area (Å²) in [6, 6.07) is -0.713. The molecule has 0 aromatic rings. The van der Waals surface area contributed by atoms with E-state index in [0.29, 0.717) is 19.3 Å². The molecule has 0 rings (SSSR count). The number of aliphatic hydroxyl groups excluding tert-OH is 2. The molecule has 6 heteroatoms. The van der Waals surface area contributed by atoms with Crippen LogP contribution in [0.3, 0.4) is 0 Å². The van der Waals surface area contributed by atoms with Crippen LogP contribution < -0.4 is 5.32 Å². The van der Waals surface area contributed by atoms with Gasteiger partial charge >= 0.3 is 5.97 Å². The van der Waals surface area contributed by atoms with Gasteiger partial charge in [0.15, 0.2) is 0 Å². The number of allylic oxidation sites excluding steroid dienone is 14. The van der Waals surface area contributed by atoms with Crippen molar-refractivity contribution in [1.82, 2.24) is 5.32 Å². The van der Waals surface area contributed by atoms with E-state index in [1.54, 1.807) is 0 Å². The number of aliphatic hydroxyl groups is 2. The Labute approximate surface area is 395 Å². The Morgan fingerprint density at radius 3 is 1.42 bits per heavy atom. The molecular formula is C58H101NO5. The molecule has 0 saturated heterocycles. The van der Waals surface area contributed by atoms with E-state index in [9.17, 15) is 19.8 Å². The number of unbranched alkanes of at least 4 members (excludes halogenated alkanes) is 25. The smallest absolute Gasteiger partial charge is 0.306 e. The largest absolute Gasteiger partial charge is 0.462 e. The molecule has 0 aliphatic rings. The molecule has 368 valence electrons. The van der Waals surface area contributed by atoms with Gasteiger partial charge in [-0.15, -0.1) is 0 Å². The molecule has 0 aromatic carbocycles. The van der Waals surface area contributed by atoms with Crippen molar-refractivity contribution in [2.24, 2.45) is 0 Å². The average molecular weight is 892 g/mol. The molecule has 3 atom stereocenters. The molecule has 0 heterocycles. The van der Waals surface area contributed by atoms with Crippen molar-refractivity contribution in [1.29, 1.82) is 0 Å². The lowest BCUT2D eigenvalue weighted by Gasteiger charge is -2.24. The van der Waals surface area contributed by atoms with E-state index in [2.05, 4.69) is 86.8 Å². The maximum absolute atomic E-state index is 13.2. The van der Waals surface area contributed by atoms with Crippen molar-refractivity contribution < 1.29 is 24.5 Å². The van der Waals surface area contributed by atoms with Gasteiger partial charge in [0.05, 0.1) is 25.2 Å². The fourth-order valence-corrected chi connectivity index (χ4v) is 7.73. The summed E-state index contributed by atoms with van der Waals surface area (Å²) in [6.45, 7) is 6.35. The molecule has 0 spiro atoms. The van der Waals surface area contributed by atoms with Gasteiger partial charge in [-0.3, -0.25) is 9.59 Å². The van der Waals surface area contributed by atoms with E-state index in [-0.39, 0.29) is 24.9 Å². The second kappa shape index (κ2) is 51.0. The van der Waals surface area contributed by atoms with Gasteiger partial charge in [-0.1, -0.05) is 241 Å². The van der Waals surface area contributed by atoms with Gasteiger partial charge in [-0.2, -0.15) is 0 Å². The van der Waals surface area contributed by atoms with Crippen LogP contribution in [0, 0.1) is 0 Å². The highest BCUT2D eigenvalue weighted by Crippen LogP contribution is 2.18. The second-order valence-electron chi connectivity index (χ2n) is 18.0. The van der Waals surface area contributed by atoms with Crippen LogP contribution in [-0.4, -0.2) is 46.9 Å². The minimum Gasteiger partial charge on any atom is -0.462 e. The zero-order valence-corrected chi connectivity index (χ0v) is 41.9. The fraction of sp³-hybridized carbons (Fsp3) is 0.724. The van der Waals surface area contributed by atoms with Crippen LogP contribution in [0.25, 0.3) is 0 Å². The number of carbonyl (C=O) groups excluding carboxylic acids is 2. The summed E-state index contributed by atoms with van der Waals surface area (Å²) in [5.41, 5.74) is 0. The summed E-state index contributed by atoms with van der Waals surface area (Å²) in [4.78, 5) is 26.2. The molecule has 0 radical (unpaired) electrons. The Balaban J connectivity index is 4.66.